The highest BCUT2D eigenvalue weighted by atomic mass is 16.5. The van der Waals surface area contributed by atoms with E-state index >= 15 is 0 Å². The number of anilines is 1. The molecule has 1 heterocycles. The van der Waals surface area contributed by atoms with Gasteiger partial charge in [-0.1, -0.05) is 18.6 Å². The van der Waals surface area contributed by atoms with E-state index in [1.807, 2.05) is 20.8 Å². The van der Waals surface area contributed by atoms with Gasteiger partial charge >= 0.3 is 11.9 Å². The number of methoxy groups -OCH3 is 1. The van der Waals surface area contributed by atoms with Crippen LogP contribution in [0.2, 0.25) is 0 Å². The van der Waals surface area contributed by atoms with Crippen molar-refractivity contribution in [3.63, 3.8) is 0 Å². The Morgan fingerprint density at radius 1 is 1.33 bits per heavy atom. The summed E-state index contributed by atoms with van der Waals surface area (Å²) in [4.78, 5) is 23.8. The zero-order valence-corrected chi connectivity index (χ0v) is 16.9. The van der Waals surface area contributed by atoms with Gasteiger partial charge < -0.3 is 19.5 Å². The number of cyclic esters (lactones) is 1. The fraction of sp³-hybridized carbons (Fsp3) is 0.524. The number of esters is 2. The smallest absolute Gasteiger partial charge is 0.341 e. The van der Waals surface area contributed by atoms with Crippen molar-refractivity contribution >= 4 is 17.6 Å². The van der Waals surface area contributed by atoms with Crippen LogP contribution in [0.3, 0.4) is 0 Å². The summed E-state index contributed by atoms with van der Waals surface area (Å²) in [6.07, 6.45) is 4.50. The van der Waals surface area contributed by atoms with E-state index in [9.17, 15) is 9.59 Å². The van der Waals surface area contributed by atoms with Crippen LogP contribution in [0.4, 0.5) is 5.69 Å². The average molecular weight is 375 g/mol. The Morgan fingerprint density at radius 2 is 2.07 bits per heavy atom. The molecule has 1 N–H and O–H groups in total. The third kappa shape index (κ3) is 4.62. The lowest BCUT2D eigenvalue weighted by atomic mass is 9.93. The van der Waals surface area contributed by atoms with Gasteiger partial charge in [-0.15, -0.1) is 0 Å². The van der Waals surface area contributed by atoms with Gasteiger partial charge in [0.1, 0.15) is 12.4 Å². The predicted molar refractivity (Wildman–Crippen MR) is 104 cm³/mol. The fourth-order valence-corrected chi connectivity index (χ4v) is 3.29. The highest BCUT2D eigenvalue weighted by molar-refractivity contribution is 6.01. The highest BCUT2D eigenvalue weighted by Gasteiger charge is 2.31. The number of rotatable bonds is 9. The molecule has 0 bridgehead atoms. The Balaban J connectivity index is 2.23. The minimum absolute atomic E-state index is 0.172. The molecule has 0 fully saturated rings. The van der Waals surface area contributed by atoms with Crippen molar-refractivity contribution in [3.8, 4) is 5.75 Å². The first-order valence-electron chi connectivity index (χ1n) is 9.32. The van der Waals surface area contributed by atoms with Crippen LogP contribution < -0.4 is 10.1 Å². The summed E-state index contributed by atoms with van der Waals surface area (Å²) in [5.74, 6) is 0.290. The molecule has 1 aliphatic heterocycles. The molecule has 0 atom stereocenters. The first kappa shape index (κ1) is 20.8. The number of nitrogens with one attached hydrogen (secondary N) is 1. The molecule has 1 aromatic carbocycles. The van der Waals surface area contributed by atoms with Gasteiger partial charge in [0.2, 0.25) is 0 Å². The van der Waals surface area contributed by atoms with Gasteiger partial charge in [0.15, 0.2) is 0 Å². The van der Waals surface area contributed by atoms with E-state index in [1.54, 1.807) is 14.2 Å². The summed E-state index contributed by atoms with van der Waals surface area (Å²) in [6, 6.07) is 0. The van der Waals surface area contributed by atoms with Gasteiger partial charge in [-0.3, -0.25) is 4.79 Å². The second-order valence-electron chi connectivity index (χ2n) is 6.67. The van der Waals surface area contributed by atoms with Gasteiger partial charge in [-0.2, -0.15) is 0 Å². The molecule has 0 radical (unpaired) electrons. The SMILES string of the molecule is CCCOC(=O)CC/C(C)=C/Cc1c(NC)c2c(c(C)c1OC)COC2=O. The lowest BCUT2D eigenvalue weighted by Crippen LogP contribution is -2.08. The molecule has 0 unspecified atom stereocenters. The van der Waals surface area contributed by atoms with Crippen LogP contribution in [0, 0.1) is 6.92 Å². The largest absolute Gasteiger partial charge is 0.496 e. The maximum absolute atomic E-state index is 12.2. The van der Waals surface area contributed by atoms with Crippen LogP contribution in [-0.2, 0) is 27.3 Å². The molecule has 0 saturated carbocycles. The standard InChI is InChI=1S/C21H29NO5/c1-6-11-26-17(23)10-8-13(2)7-9-15-19(22-4)18-16(12-27-21(18)24)14(3)20(15)25-5/h7,22H,6,8-12H2,1-5H3/b13-7+. The van der Waals surface area contributed by atoms with Gasteiger partial charge in [0.05, 0.1) is 25.0 Å². The Bertz CT molecular complexity index is 752. The molecule has 1 aromatic rings. The van der Waals surface area contributed by atoms with Crippen molar-refractivity contribution in [2.24, 2.45) is 0 Å². The van der Waals surface area contributed by atoms with Crippen molar-refractivity contribution in [2.75, 3.05) is 26.1 Å². The number of carbonyl (C=O) groups excluding carboxylic acids is 2. The zero-order valence-electron chi connectivity index (χ0n) is 16.9. The Morgan fingerprint density at radius 3 is 2.70 bits per heavy atom. The quantitative estimate of drug-likeness (QED) is 0.521. The minimum atomic E-state index is -0.305. The summed E-state index contributed by atoms with van der Waals surface area (Å²) < 4.78 is 16.0. The summed E-state index contributed by atoms with van der Waals surface area (Å²) in [7, 11) is 3.43. The number of hydrogen-bond acceptors (Lipinski definition) is 6. The molecule has 0 saturated heterocycles. The van der Waals surface area contributed by atoms with E-state index in [0.717, 1.165) is 40.1 Å². The fourth-order valence-electron chi connectivity index (χ4n) is 3.29. The molecular weight excluding hydrogens is 346 g/mol. The third-order valence-electron chi connectivity index (χ3n) is 4.77. The molecule has 148 valence electrons. The van der Waals surface area contributed by atoms with Gasteiger partial charge in [0, 0.05) is 24.6 Å². The Labute approximate surface area is 160 Å². The minimum Gasteiger partial charge on any atom is -0.496 e. The van der Waals surface area contributed by atoms with Crippen molar-refractivity contribution < 1.29 is 23.8 Å². The van der Waals surface area contributed by atoms with Gasteiger partial charge in [-0.25, -0.2) is 4.79 Å². The van der Waals surface area contributed by atoms with E-state index in [2.05, 4.69) is 11.4 Å². The molecule has 27 heavy (non-hydrogen) atoms. The highest BCUT2D eigenvalue weighted by Crippen LogP contribution is 2.41. The maximum atomic E-state index is 12.2. The van der Waals surface area contributed by atoms with E-state index in [1.165, 1.54) is 0 Å². The molecule has 0 aromatic heterocycles. The lowest BCUT2D eigenvalue weighted by molar-refractivity contribution is -0.143. The molecular formula is C21H29NO5. The molecule has 6 heteroatoms. The van der Waals surface area contributed by atoms with Crippen LogP contribution >= 0.6 is 0 Å². The molecule has 0 amide bonds. The van der Waals surface area contributed by atoms with Crippen LogP contribution in [0.15, 0.2) is 11.6 Å². The average Bonchev–Trinajstić information content (AvgIpc) is 3.05. The van der Waals surface area contributed by atoms with E-state index in [-0.39, 0.29) is 18.5 Å². The summed E-state index contributed by atoms with van der Waals surface area (Å²) in [5.41, 5.74) is 5.17. The zero-order chi connectivity index (χ0) is 20.0. The van der Waals surface area contributed by atoms with E-state index in [4.69, 9.17) is 14.2 Å². The van der Waals surface area contributed by atoms with Crippen LogP contribution in [0.25, 0.3) is 0 Å². The number of allylic oxidation sites excluding steroid dienone is 2. The third-order valence-corrected chi connectivity index (χ3v) is 4.77. The van der Waals surface area contributed by atoms with Gasteiger partial charge in [0.25, 0.3) is 0 Å². The molecule has 2 rings (SSSR count). The first-order valence-corrected chi connectivity index (χ1v) is 9.32. The predicted octanol–water partition coefficient (Wildman–Crippen LogP) is 3.94. The normalized spacial score (nSPS) is 13.2. The van der Waals surface area contributed by atoms with Crippen molar-refractivity contribution in [3.05, 3.63) is 33.9 Å². The summed E-state index contributed by atoms with van der Waals surface area (Å²) in [6.45, 7) is 6.66. The Hall–Kier alpha value is -2.50. The maximum Gasteiger partial charge on any atom is 0.341 e. The summed E-state index contributed by atoms with van der Waals surface area (Å²) in [5, 5.41) is 3.14. The molecule has 0 aliphatic carbocycles. The van der Waals surface area contributed by atoms with Crippen LogP contribution in [-0.4, -0.2) is 32.7 Å². The second kappa shape index (κ2) is 9.44. The van der Waals surface area contributed by atoms with Crippen molar-refractivity contribution in [1.29, 1.82) is 0 Å². The van der Waals surface area contributed by atoms with Crippen LogP contribution in [0.5, 0.6) is 5.75 Å². The second-order valence-corrected chi connectivity index (χ2v) is 6.67. The first-order chi connectivity index (χ1) is 12.9. The summed E-state index contributed by atoms with van der Waals surface area (Å²) >= 11 is 0. The topological polar surface area (TPSA) is 73.9 Å². The van der Waals surface area contributed by atoms with Crippen molar-refractivity contribution in [2.45, 2.75) is 53.1 Å². The number of benzene rings is 1. The molecule has 6 nitrogen and oxygen atoms in total. The monoisotopic (exact) mass is 375 g/mol. The number of hydrogen-bond donors (Lipinski definition) is 1. The number of fused-ring (bicyclic) bond motifs is 1. The number of carbonyl (C=O) groups is 2. The van der Waals surface area contributed by atoms with E-state index in [0.29, 0.717) is 31.4 Å². The van der Waals surface area contributed by atoms with E-state index < -0.39 is 0 Å². The molecule has 0 spiro atoms. The Kier molecular flexibility index (Phi) is 7.28. The lowest BCUT2D eigenvalue weighted by Gasteiger charge is -2.18. The molecule has 1 aliphatic rings. The van der Waals surface area contributed by atoms with Gasteiger partial charge in [-0.05, 0) is 38.7 Å². The van der Waals surface area contributed by atoms with Crippen molar-refractivity contribution in [1.82, 2.24) is 0 Å². The number of ether oxygens (including phenoxy) is 3. The van der Waals surface area contributed by atoms with Crippen LogP contribution in [0.1, 0.15) is 60.2 Å².